The SMILES string of the molecule is CC(CCO)NC(=O)c1nc(Cl)ccc1Cl. The summed E-state index contributed by atoms with van der Waals surface area (Å²) in [6, 6.07) is 2.88. The van der Waals surface area contributed by atoms with Gasteiger partial charge in [-0.25, -0.2) is 4.98 Å². The molecule has 1 aromatic rings. The average Bonchev–Trinajstić information content (AvgIpc) is 2.21. The summed E-state index contributed by atoms with van der Waals surface area (Å²) in [5.41, 5.74) is 0.0963. The van der Waals surface area contributed by atoms with E-state index in [1.54, 1.807) is 6.92 Å². The van der Waals surface area contributed by atoms with Crippen LogP contribution in [-0.2, 0) is 0 Å². The molecule has 4 nitrogen and oxygen atoms in total. The van der Waals surface area contributed by atoms with E-state index < -0.39 is 5.91 Å². The van der Waals surface area contributed by atoms with Crippen molar-refractivity contribution in [2.45, 2.75) is 19.4 Å². The number of nitrogens with one attached hydrogen (secondary N) is 1. The molecule has 0 aromatic carbocycles. The van der Waals surface area contributed by atoms with Crippen LogP contribution in [-0.4, -0.2) is 28.6 Å². The topological polar surface area (TPSA) is 62.2 Å². The maximum absolute atomic E-state index is 11.7. The number of halogens is 2. The highest BCUT2D eigenvalue weighted by molar-refractivity contribution is 6.34. The first-order valence-corrected chi connectivity index (χ1v) is 5.54. The molecular weight excluding hydrogens is 251 g/mol. The number of aliphatic hydroxyl groups excluding tert-OH is 1. The monoisotopic (exact) mass is 262 g/mol. The second-order valence-corrected chi connectivity index (χ2v) is 4.15. The molecule has 0 saturated carbocycles. The molecule has 6 heteroatoms. The molecule has 1 amide bonds. The molecule has 0 aliphatic rings. The van der Waals surface area contributed by atoms with Crippen molar-refractivity contribution in [3.8, 4) is 0 Å². The molecule has 1 aromatic heterocycles. The Morgan fingerprint density at radius 2 is 2.25 bits per heavy atom. The minimum absolute atomic E-state index is 0.0121. The number of pyridine rings is 1. The van der Waals surface area contributed by atoms with Crippen LogP contribution in [0.1, 0.15) is 23.8 Å². The van der Waals surface area contributed by atoms with Crippen LogP contribution in [0.4, 0.5) is 0 Å². The number of carbonyl (C=O) groups is 1. The first-order valence-electron chi connectivity index (χ1n) is 4.78. The van der Waals surface area contributed by atoms with Gasteiger partial charge in [0.15, 0.2) is 0 Å². The van der Waals surface area contributed by atoms with Crippen molar-refractivity contribution in [2.24, 2.45) is 0 Å². The van der Waals surface area contributed by atoms with Gasteiger partial charge in [0.2, 0.25) is 0 Å². The Morgan fingerprint density at radius 3 is 2.88 bits per heavy atom. The smallest absolute Gasteiger partial charge is 0.271 e. The first kappa shape index (κ1) is 13.2. The molecule has 2 N–H and O–H groups in total. The first-order chi connectivity index (χ1) is 7.54. The van der Waals surface area contributed by atoms with E-state index in [0.717, 1.165) is 0 Å². The molecule has 1 atom stereocenters. The standard InChI is InChI=1S/C10H12Cl2N2O2/c1-6(4-5-15)13-10(16)9-7(11)2-3-8(12)14-9/h2-3,6,15H,4-5H2,1H3,(H,13,16). The molecule has 0 bridgehead atoms. The molecule has 0 aliphatic heterocycles. The van der Waals surface area contributed by atoms with E-state index in [4.69, 9.17) is 28.3 Å². The van der Waals surface area contributed by atoms with E-state index >= 15 is 0 Å². The van der Waals surface area contributed by atoms with Crippen LogP contribution in [0.15, 0.2) is 12.1 Å². The molecule has 0 aliphatic carbocycles. The maximum atomic E-state index is 11.7. The van der Waals surface area contributed by atoms with Crippen LogP contribution in [0.5, 0.6) is 0 Å². The lowest BCUT2D eigenvalue weighted by Crippen LogP contribution is -2.33. The largest absolute Gasteiger partial charge is 0.396 e. The summed E-state index contributed by atoms with van der Waals surface area (Å²) in [6.45, 7) is 1.80. The van der Waals surface area contributed by atoms with E-state index in [0.29, 0.717) is 6.42 Å². The Hall–Kier alpha value is -0.840. The molecule has 88 valence electrons. The maximum Gasteiger partial charge on any atom is 0.271 e. The van der Waals surface area contributed by atoms with Crippen LogP contribution < -0.4 is 5.32 Å². The predicted molar refractivity (Wildman–Crippen MR) is 62.9 cm³/mol. The van der Waals surface area contributed by atoms with E-state index in [9.17, 15) is 4.79 Å². The summed E-state index contributed by atoms with van der Waals surface area (Å²) in [6.07, 6.45) is 0.476. The third kappa shape index (κ3) is 3.63. The molecule has 0 fully saturated rings. The zero-order valence-corrected chi connectivity index (χ0v) is 10.2. The van der Waals surface area contributed by atoms with Crippen LogP contribution in [0.3, 0.4) is 0 Å². The molecule has 1 rings (SSSR count). The van der Waals surface area contributed by atoms with Crippen LogP contribution in [0, 0.1) is 0 Å². The number of aromatic nitrogens is 1. The van der Waals surface area contributed by atoms with Crippen LogP contribution in [0.25, 0.3) is 0 Å². The van der Waals surface area contributed by atoms with Crippen LogP contribution in [0.2, 0.25) is 10.2 Å². The minimum atomic E-state index is -0.395. The third-order valence-corrected chi connectivity index (χ3v) is 2.48. The fraction of sp³-hybridized carbons (Fsp3) is 0.400. The Bertz CT molecular complexity index is 385. The number of hydrogen-bond donors (Lipinski definition) is 2. The van der Waals surface area contributed by atoms with Crippen molar-refractivity contribution in [2.75, 3.05) is 6.61 Å². The van der Waals surface area contributed by atoms with Gasteiger partial charge in [0, 0.05) is 12.6 Å². The van der Waals surface area contributed by atoms with Gasteiger partial charge in [-0.2, -0.15) is 0 Å². The van der Waals surface area contributed by atoms with Gasteiger partial charge >= 0.3 is 0 Å². The van der Waals surface area contributed by atoms with Crippen molar-refractivity contribution < 1.29 is 9.90 Å². The lowest BCUT2D eigenvalue weighted by molar-refractivity contribution is 0.0929. The number of rotatable bonds is 4. The zero-order chi connectivity index (χ0) is 12.1. The summed E-state index contributed by atoms with van der Waals surface area (Å²) in [7, 11) is 0. The van der Waals surface area contributed by atoms with Gasteiger partial charge in [0.25, 0.3) is 5.91 Å². The predicted octanol–water partition coefficient (Wildman–Crippen LogP) is 1.89. The zero-order valence-electron chi connectivity index (χ0n) is 8.70. The van der Waals surface area contributed by atoms with Crippen molar-refractivity contribution in [1.82, 2.24) is 10.3 Å². The lowest BCUT2D eigenvalue weighted by Gasteiger charge is -2.12. The summed E-state index contributed by atoms with van der Waals surface area (Å²) >= 11 is 11.5. The van der Waals surface area contributed by atoms with E-state index in [1.165, 1.54) is 12.1 Å². The summed E-state index contributed by atoms with van der Waals surface area (Å²) in [5.74, 6) is -0.395. The molecule has 1 unspecified atom stereocenters. The van der Waals surface area contributed by atoms with Gasteiger partial charge in [-0.15, -0.1) is 0 Å². The Morgan fingerprint density at radius 1 is 1.56 bits per heavy atom. The van der Waals surface area contributed by atoms with Gasteiger partial charge in [0.1, 0.15) is 10.8 Å². The summed E-state index contributed by atoms with van der Waals surface area (Å²) < 4.78 is 0. The number of hydrogen-bond acceptors (Lipinski definition) is 3. The quantitative estimate of drug-likeness (QED) is 0.815. The van der Waals surface area contributed by atoms with E-state index in [1.807, 2.05) is 0 Å². The normalized spacial score (nSPS) is 12.2. The number of amides is 1. The number of aliphatic hydroxyl groups is 1. The van der Waals surface area contributed by atoms with E-state index in [-0.39, 0.29) is 28.5 Å². The average molecular weight is 263 g/mol. The minimum Gasteiger partial charge on any atom is -0.396 e. The van der Waals surface area contributed by atoms with E-state index in [2.05, 4.69) is 10.3 Å². The Kier molecular flexibility index (Phi) is 4.99. The Labute approximate surface area is 104 Å². The number of carbonyl (C=O) groups excluding carboxylic acids is 1. The van der Waals surface area contributed by atoms with Gasteiger partial charge in [0.05, 0.1) is 5.02 Å². The second kappa shape index (κ2) is 6.03. The lowest BCUT2D eigenvalue weighted by atomic mass is 10.2. The molecule has 0 saturated heterocycles. The van der Waals surface area contributed by atoms with Crippen molar-refractivity contribution >= 4 is 29.1 Å². The fourth-order valence-corrected chi connectivity index (χ4v) is 1.47. The van der Waals surface area contributed by atoms with Crippen molar-refractivity contribution in [3.05, 3.63) is 28.0 Å². The highest BCUT2D eigenvalue weighted by atomic mass is 35.5. The second-order valence-electron chi connectivity index (χ2n) is 3.35. The molecule has 16 heavy (non-hydrogen) atoms. The molecule has 0 spiro atoms. The van der Waals surface area contributed by atoms with Crippen LogP contribution >= 0.6 is 23.2 Å². The Balaban J connectivity index is 2.76. The fourth-order valence-electron chi connectivity index (χ4n) is 1.14. The van der Waals surface area contributed by atoms with Gasteiger partial charge in [-0.05, 0) is 25.5 Å². The van der Waals surface area contributed by atoms with Crippen molar-refractivity contribution in [3.63, 3.8) is 0 Å². The highest BCUT2D eigenvalue weighted by Crippen LogP contribution is 2.16. The molecule has 1 heterocycles. The third-order valence-electron chi connectivity index (χ3n) is 1.97. The van der Waals surface area contributed by atoms with Gasteiger partial charge in [-0.1, -0.05) is 23.2 Å². The number of nitrogens with zero attached hydrogens (tertiary/aromatic N) is 1. The van der Waals surface area contributed by atoms with Gasteiger partial charge in [-0.3, -0.25) is 4.79 Å². The molecule has 0 radical (unpaired) electrons. The summed E-state index contributed by atoms with van der Waals surface area (Å²) in [5, 5.41) is 11.8. The molecular formula is C10H12Cl2N2O2. The van der Waals surface area contributed by atoms with Gasteiger partial charge < -0.3 is 10.4 Å². The van der Waals surface area contributed by atoms with Crippen molar-refractivity contribution in [1.29, 1.82) is 0 Å². The summed E-state index contributed by atoms with van der Waals surface area (Å²) in [4.78, 5) is 15.5. The highest BCUT2D eigenvalue weighted by Gasteiger charge is 2.14.